The van der Waals surface area contributed by atoms with E-state index in [-0.39, 0.29) is 5.91 Å². The van der Waals surface area contributed by atoms with E-state index in [0.29, 0.717) is 12.1 Å². The molecule has 1 heterocycles. The van der Waals surface area contributed by atoms with Gasteiger partial charge in [-0.15, -0.1) is 0 Å². The van der Waals surface area contributed by atoms with Crippen LogP contribution in [0.4, 0.5) is 5.69 Å². The first-order chi connectivity index (χ1) is 9.31. The van der Waals surface area contributed by atoms with Crippen LogP contribution in [0.15, 0.2) is 46.4 Å². The molecule has 0 atom stereocenters. The maximum absolute atomic E-state index is 12.2. The molecule has 0 fully saturated rings. The molecule has 1 amide bonds. The van der Waals surface area contributed by atoms with Gasteiger partial charge in [-0.1, -0.05) is 12.2 Å². The van der Waals surface area contributed by atoms with Gasteiger partial charge in [0.2, 0.25) is 0 Å². The zero-order valence-electron chi connectivity index (χ0n) is 11.0. The van der Waals surface area contributed by atoms with E-state index in [1.54, 1.807) is 19.5 Å². The van der Waals surface area contributed by atoms with Crippen molar-refractivity contribution in [3.05, 3.63) is 42.0 Å². The Morgan fingerprint density at radius 3 is 2.63 bits per heavy atom. The predicted octanol–water partition coefficient (Wildman–Crippen LogP) is 2.49. The van der Waals surface area contributed by atoms with E-state index in [9.17, 15) is 4.79 Å². The molecule has 4 nitrogen and oxygen atoms in total. The molecule has 2 rings (SSSR count). The Hall–Kier alpha value is -2.23. The van der Waals surface area contributed by atoms with Crippen molar-refractivity contribution in [2.45, 2.75) is 6.42 Å². The van der Waals surface area contributed by atoms with Crippen molar-refractivity contribution in [2.24, 2.45) is 9.98 Å². The van der Waals surface area contributed by atoms with Gasteiger partial charge in [0, 0.05) is 38.1 Å². The van der Waals surface area contributed by atoms with Crippen LogP contribution in [0.2, 0.25) is 0 Å². The fraction of sp³-hybridized carbons (Fsp3) is 0.267. The second-order valence-corrected chi connectivity index (χ2v) is 4.24. The van der Waals surface area contributed by atoms with Gasteiger partial charge in [0.25, 0.3) is 5.91 Å². The van der Waals surface area contributed by atoms with E-state index in [1.165, 1.54) is 0 Å². The quantitative estimate of drug-likeness (QED) is 0.604. The molecule has 19 heavy (non-hydrogen) atoms. The molecule has 0 spiro atoms. The third-order valence-corrected chi connectivity index (χ3v) is 2.90. The smallest absolute Gasteiger partial charge is 0.254 e. The fourth-order valence-corrected chi connectivity index (χ4v) is 1.88. The number of amides is 1. The summed E-state index contributed by atoms with van der Waals surface area (Å²) in [7, 11) is 1.70. The number of benzene rings is 1. The van der Waals surface area contributed by atoms with Crippen molar-refractivity contribution in [1.82, 2.24) is 4.90 Å². The van der Waals surface area contributed by atoms with E-state index in [0.717, 1.165) is 18.7 Å². The third kappa shape index (κ3) is 3.61. The molecule has 0 aliphatic carbocycles. The SMILES string of the molecule is CN=CC=Nc1ccc(C(=O)N2CC=CCC2)cc1. The number of rotatable bonds is 3. The zero-order valence-corrected chi connectivity index (χ0v) is 11.0. The van der Waals surface area contributed by atoms with Gasteiger partial charge in [0.05, 0.1) is 5.69 Å². The second-order valence-electron chi connectivity index (χ2n) is 4.24. The molecular formula is C15H17N3O. The van der Waals surface area contributed by atoms with Crippen molar-refractivity contribution in [2.75, 3.05) is 20.1 Å². The minimum absolute atomic E-state index is 0.0787. The molecule has 1 aromatic carbocycles. The Bertz CT molecular complexity index is 515. The second kappa shape index (κ2) is 6.64. The molecule has 0 saturated heterocycles. The largest absolute Gasteiger partial charge is 0.335 e. The first-order valence-corrected chi connectivity index (χ1v) is 6.30. The first kappa shape index (κ1) is 13.2. The fourth-order valence-electron chi connectivity index (χ4n) is 1.88. The lowest BCUT2D eigenvalue weighted by molar-refractivity contribution is 0.0771. The van der Waals surface area contributed by atoms with Gasteiger partial charge in [-0.3, -0.25) is 14.8 Å². The van der Waals surface area contributed by atoms with Gasteiger partial charge in [0.15, 0.2) is 0 Å². The Labute approximate surface area is 113 Å². The highest BCUT2D eigenvalue weighted by Crippen LogP contribution is 2.15. The van der Waals surface area contributed by atoms with Crippen molar-refractivity contribution in [3.63, 3.8) is 0 Å². The normalized spacial score (nSPS) is 15.5. The maximum Gasteiger partial charge on any atom is 0.254 e. The summed E-state index contributed by atoms with van der Waals surface area (Å²) in [6, 6.07) is 7.31. The standard InChI is InChI=1S/C15H17N3O/c1-16-9-10-17-14-7-5-13(6-8-14)15(19)18-11-3-2-4-12-18/h2-3,5-10H,4,11-12H2,1H3. The molecule has 1 aliphatic rings. The summed E-state index contributed by atoms with van der Waals surface area (Å²) in [5.74, 6) is 0.0787. The van der Waals surface area contributed by atoms with Crippen LogP contribution in [0.25, 0.3) is 0 Å². The third-order valence-electron chi connectivity index (χ3n) is 2.90. The summed E-state index contributed by atoms with van der Waals surface area (Å²) in [6.07, 6.45) is 8.33. The zero-order chi connectivity index (χ0) is 13.5. The molecule has 0 radical (unpaired) electrons. The topological polar surface area (TPSA) is 45.0 Å². The number of carbonyl (C=O) groups is 1. The number of hydrogen-bond acceptors (Lipinski definition) is 3. The highest BCUT2D eigenvalue weighted by Gasteiger charge is 2.15. The first-order valence-electron chi connectivity index (χ1n) is 6.30. The molecule has 0 N–H and O–H groups in total. The monoisotopic (exact) mass is 255 g/mol. The highest BCUT2D eigenvalue weighted by atomic mass is 16.2. The molecule has 0 saturated carbocycles. The lowest BCUT2D eigenvalue weighted by Crippen LogP contribution is -2.33. The van der Waals surface area contributed by atoms with Crippen LogP contribution in [0.1, 0.15) is 16.8 Å². The number of aliphatic imine (C=N–C) groups is 2. The van der Waals surface area contributed by atoms with Crippen molar-refractivity contribution >= 4 is 24.0 Å². The van der Waals surface area contributed by atoms with Crippen LogP contribution >= 0.6 is 0 Å². The van der Waals surface area contributed by atoms with Crippen molar-refractivity contribution < 1.29 is 4.79 Å². The predicted molar refractivity (Wildman–Crippen MR) is 78.7 cm³/mol. The minimum atomic E-state index is 0.0787. The average Bonchev–Trinajstić information content (AvgIpc) is 2.48. The minimum Gasteiger partial charge on any atom is -0.335 e. The molecule has 4 heteroatoms. The van der Waals surface area contributed by atoms with Crippen LogP contribution in [-0.4, -0.2) is 43.4 Å². The van der Waals surface area contributed by atoms with E-state index in [4.69, 9.17) is 0 Å². The van der Waals surface area contributed by atoms with Crippen LogP contribution in [-0.2, 0) is 0 Å². The summed E-state index contributed by atoms with van der Waals surface area (Å²) >= 11 is 0. The highest BCUT2D eigenvalue weighted by molar-refractivity contribution is 6.16. The summed E-state index contributed by atoms with van der Waals surface area (Å²) in [6.45, 7) is 1.49. The Kier molecular flexibility index (Phi) is 4.61. The number of hydrogen-bond donors (Lipinski definition) is 0. The number of carbonyl (C=O) groups excluding carboxylic acids is 1. The molecular weight excluding hydrogens is 238 g/mol. The van der Waals surface area contributed by atoms with Gasteiger partial charge in [-0.25, -0.2) is 0 Å². The summed E-state index contributed by atoms with van der Waals surface area (Å²) in [5, 5.41) is 0. The number of nitrogens with zero attached hydrogens (tertiary/aromatic N) is 3. The molecule has 0 aromatic heterocycles. The van der Waals surface area contributed by atoms with Crippen LogP contribution in [0.5, 0.6) is 0 Å². The lowest BCUT2D eigenvalue weighted by atomic mass is 10.1. The maximum atomic E-state index is 12.2. The molecule has 1 aromatic rings. The van der Waals surface area contributed by atoms with E-state index in [1.807, 2.05) is 35.2 Å². The van der Waals surface area contributed by atoms with Gasteiger partial charge < -0.3 is 4.90 Å². The summed E-state index contributed by atoms with van der Waals surface area (Å²) in [5.41, 5.74) is 1.52. The van der Waals surface area contributed by atoms with Crippen LogP contribution in [0.3, 0.4) is 0 Å². The average molecular weight is 255 g/mol. The molecule has 1 aliphatic heterocycles. The van der Waals surface area contributed by atoms with Crippen LogP contribution < -0.4 is 0 Å². The van der Waals surface area contributed by atoms with Crippen LogP contribution in [0, 0.1) is 0 Å². The Morgan fingerprint density at radius 2 is 2.00 bits per heavy atom. The molecule has 0 unspecified atom stereocenters. The molecule has 98 valence electrons. The summed E-state index contributed by atoms with van der Waals surface area (Å²) < 4.78 is 0. The van der Waals surface area contributed by atoms with Crippen molar-refractivity contribution in [1.29, 1.82) is 0 Å². The lowest BCUT2D eigenvalue weighted by Gasteiger charge is -2.23. The van der Waals surface area contributed by atoms with Gasteiger partial charge in [-0.05, 0) is 30.7 Å². The van der Waals surface area contributed by atoms with Gasteiger partial charge in [-0.2, -0.15) is 0 Å². The Balaban J connectivity index is 2.05. The van der Waals surface area contributed by atoms with Gasteiger partial charge >= 0.3 is 0 Å². The van der Waals surface area contributed by atoms with E-state index in [2.05, 4.69) is 16.1 Å². The Morgan fingerprint density at radius 1 is 1.21 bits per heavy atom. The van der Waals surface area contributed by atoms with Crippen molar-refractivity contribution in [3.8, 4) is 0 Å². The summed E-state index contributed by atoms with van der Waals surface area (Å²) in [4.78, 5) is 22.1. The van der Waals surface area contributed by atoms with Gasteiger partial charge in [0.1, 0.15) is 0 Å². The van der Waals surface area contributed by atoms with E-state index >= 15 is 0 Å². The van der Waals surface area contributed by atoms with E-state index < -0.39 is 0 Å². The molecule has 0 bridgehead atoms.